The third-order valence-corrected chi connectivity index (χ3v) is 4.98. The zero-order valence-corrected chi connectivity index (χ0v) is 15.3. The molecule has 1 aromatic carbocycles. The topological polar surface area (TPSA) is 102 Å². The van der Waals surface area contributed by atoms with Gasteiger partial charge in [-0.1, -0.05) is 24.6 Å². The van der Waals surface area contributed by atoms with E-state index in [4.69, 9.17) is 9.88 Å². The molecule has 0 spiro atoms. The molecule has 0 aromatic heterocycles. The van der Waals surface area contributed by atoms with Crippen LogP contribution in [0.25, 0.3) is 0 Å². The van der Waals surface area contributed by atoms with Gasteiger partial charge in [0, 0.05) is 13.1 Å². The Morgan fingerprint density at radius 1 is 1.19 bits per heavy atom. The van der Waals surface area contributed by atoms with E-state index in [0.717, 1.165) is 37.1 Å². The van der Waals surface area contributed by atoms with Crippen LogP contribution in [0.15, 0.2) is 47.9 Å². The third kappa shape index (κ3) is 4.51. The summed E-state index contributed by atoms with van der Waals surface area (Å²) in [6.07, 6.45) is 7.83. The van der Waals surface area contributed by atoms with E-state index in [0.29, 0.717) is 30.8 Å². The second-order valence-electron chi connectivity index (χ2n) is 6.31. The molecule has 0 radical (unpaired) electrons. The molecule has 1 aliphatic carbocycles. The number of para-hydroxylation sites is 1. The molecule has 3 N–H and O–H groups in total. The van der Waals surface area contributed by atoms with E-state index in [9.17, 15) is 13.2 Å². The average Bonchev–Trinajstić information content (AvgIpc) is 2.72. The Morgan fingerprint density at radius 3 is 2.81 bits per heavy atom. The molecule has 8 heteroatoms. The van der Waals surface area contributed by atoms with E-state index in [-0.39, 0.29) is 5.91 Å². The number of hydrogen-bond donors (Lipinski definition) is 2. The number of rotatable bonds is 7. The summed E-state index contributed by atoms with van der Waals surface area (Å²) in [4.78, 5) is 14.8. The highest BCUT2D eigenvalue weighted by Gasteiger charge is 2.29. The van der Waals surface area contributed by atoms with Crippen molar-refractivity contribution in [3.63, 3.8) is 0 Å². The van der Waals surface area contributed by atoms with Crippen LogP contribution in [0.4, 0.5) is 0 Å². The average molecular weight is 377 g/mol. The Kier molecular flexibility index (Phi) is 5.75. The minimum atomic E-state index is -3.64. The lowest BCUT2D eigenvalue weighted by Crippen LogP contribution is -2.32. The van der Waals surface area contributed by atoms with Gasteiger partial charge in [-0.05, 0) is 43.9 Å². The highest BCUT2D eigenvalue weighted by molar-refractivity contribution is 7.87. The summed E-state index contributed by atoms with van der Waals surface area (Å²) in [6.45, 7) is 0.869. The van der Waals surface area contributed by atoms with Gasteiger partial charge in [0.2, 0.25) is 0 Å². The Morgan fingerprint density at radius 2 is 2.00 bits per heavy atom. The van der Waals surface area contributed by atoms with Gasteiger partial charge in [-0.3, -0.25) is 4.79 Å². The summed E-state index contributed by atoms with van der Waals surface area (Å²) in [5.74, 6) is 1.26. The summed E-state index contributed by atoms with van der Waals surface area (Å²) in [5.41, 5.74) is 1.47. The molecular weight excluding hydrogens is 354 g/mol. The minimum Gasteiger partial charge on any atom is -0.455 e. The number of allylic oxidation sites excluding steroid dienone is 3. The number of carbonyl (C=O) groups is 1. The molecule has 1 aromatic rings. The fourth-order valence-corrected chi connectivity index (χ4v) is 3.56. The van der Waals surface area contributed by atoms with Gasteiger partial charge in [0.25, 0.3) is 16.1 Å². The van der Waals surface area contributed by atoms with E-state index in [2.05, 4.69) is 4.72 Å². The van der Waals surface area contributed by atoms with Crippen LogP contribution in [0.3, 0.4) is 0 Å². The number of nitrogens with one attached hydrogen (secondary N) is 1. The van der Waals surface area contributed by atoms with Gasteiger partial charge in [0.05, 0.1) is 11.3 Å². The minimum absolute atomic E-state index is 0.0523. The van der Waals surface area contributed by atoms with Crippen LogP contribution in [0, 0.1) is 0 Å². The first-order valence-corrected chi connectivity index (χ1v) is 10.3. The van der Waals surface area contributed by atoms with Gasteiger partial charge in [0.1, 0.15) is 11.5 Å². The molecule has 7 nitrogen and oxygen atoms in total. The molecule has 0 fully saturated rings. The summed E-state index contributed by atoms with van der Waals surface area (Å²) >= 11 is 0. The molecule has 0 atom stereocenters. The quantitative estimate of drug-likeness (QED) is 0.710. The largest absolute Gasteiger partial charge is 0.455 e. The van der Waals surface area contributed by atoms with Gasteiger partial charge < -0.3 is 9.64 Å². The molecule has 2 aliphatic rings. The Hall–Kier alpha value is -2.16. The Bertz CT molecular complexity index is 846. The lowest BCUT2D eigenvalue weighted by atomic mass is 10.1. The summed E-state index contributed by atoms with van der Waals surface area (Å²) < 4.78 is 30.0. The number of fused-ring (bicyclic) bond motifs is 1. The molecule has 1 heterocycles. The van der Waals surface area contributed by atoms with Gasteiger partial charge in [-0.25, -0.2) is 9.86 Å². The van der Waals surface area contributed by atoms with Crippen LogP contribution < -0.4 is 14.6 Å². The molecule has 3 rings (SSSR count). The highest BCUT2D eigenvalue weighted by Crippen LogP contribution is 2.33. The smallest absolute Gasteiger partial charge is 0.274 e. The standard InChI is InChI=1S/C18H23N3O4S/c19-26(23,24)20-12-6-1-7-13-21-15-9-3-5-11-17(15)25-16-10-4-2-8-14(16)18(21)22/h2,4-5,8,10-11,20H,1,3,6-7,9,12-13H2,(H2,19,23,24). The normalized spacial score (nSPS) is 16.8. The first-order chi connectivity index (χ1) is 12.5. The highest BCUT2D eigenvalue weighted by atomic mass is 32.2. The number of benzene rings is 1. The van der Waals surface area contributed by atoms with Crippen LogP contribution >= 0.6 is 0 Å². The van der Waals surface area contributed by atoms with Crippen molar-refractivity contribution in [3.8, 4) is 5.75 Å². The van der Waals surface area contributed by atoms with Crippen molar-refractivity contribution >= 4 is 16.1 Å². The fraction of sp³-hybridized carbons (Fsp3) is 0.389. The molecule has 0 saturated heterocycles. The first-order valence-electron chi connectivity index (χ1n) is 8.71. The van der Waals surface area contributed by atoms with Crippen LogP contribution in [0.2, 0.25) is 0 Å². The number of nitrogens with two attached hydrogens (primary N) is 1. The van der Waals surface area contributed by atoms with Gasteiger partial charge in [-0.15, -0.1) is 0 Å². The van der Waals surface area contributed by atoms with E-state index >= 15 is 0 Å². The second-order valence-corrected chi connectivity index (χ2v) is 7.69. The molecule has 1 amide bonds. The lowest BCUT2D eigenvalue weighted by Gasteiger charge is -2.26. The summed E-state index contributed by atoms with van der Waals surface area (Å²) in [6, 6.07) is 7.27. The van der Waals surface area contributed by atoms with Crippen molar-refractivity contribution in [1.82, 2.24) is 9.62 Å². The molecule has 0 saturated carbocycles. The monoisotopic (exact) mass is 377 g/mol. The molecule has 140 valence electrons. The van der Waals surface area contributed by atoms with Crippen molar-refractivity contribution in [3.05, 3.63) is 53.4 Å². The lowest BCUT2D eigenvalue weighted by molar-refractivity contribution is 0.0799. The van der Waals surface area contributed by atoms with Gasteiger partial charge in [-0.2, -0.15) is 8.42 Å². The molecule has 26 heavy (non-hydrogen) atoms. The van der Waals surface area contributed by atoms with Crippen molar-refractivity contribution in [2.45, 2.75) is 32.1 Å². The fourth-order valence-electron chi connectivity index (χ4n) is 3.13. The van der Waals surface area contributed by atoms with Crippen LogP contribution in [-0.2, 0) is 10.2 Å². The molecule has 0 bridgehead atoms. The maximum Gasteiger partial charge on any atom is 0.274 e. The SMILES string of the molecule is NS(=O)(=O)NCCCCCN1C(=O)c2ccccc2OC2=C1CCC=C2. The van der Waals surface area contributed by atoms with Crippen LogP contribution in [0.1, 0.15) is 42.5 Å². The second kappa shape index (κ2) is 8.03. The van der Waals surface area contributed by atoms with Gasteiger partial charge >= 0.3 is 0 Å². The van der Waals surface area contributed by atoms with E-state index in [1.165, 1.54) is 0 Å². The Balaban J connectivity index is 1.68. The zero-order valence-electron chi connectivity index (χ0n) is 14.5. The number of unbranched alkanes of at least 4 members (excludes halogenated alkanes) is 2. The van der Waals surface area contributed by atoms with Gasteiger partial charge in [0.15, 0.2) is 0 Å². The van der Waals surface area contributed by atoms with Crippen LogP contribution in [-0.4, -0.2) is 32.3 Å². The molecular formula is C18H23N3O4S. The predicted molar refractivity (Wildman–Crippen MR) is 98.5 cm³/mol. The van der Waals surface area contributed by atoms with Crippen molar-refractivity contribution in [2.75, 3.05) is 13.1 Å². The molecule has 1 aliphatic heterocycles. The van der Waals surface area contributed by atoms with E-state index < -0.39 is 10.2 Å². The number of amides is 1. The maximum atomic E-state index is 13.0. The van der Waals surface area contributed by atoms with E-state index in [1.54, 1.807) is 11.0 Å². The number of ether oxygens (including phenoxy) is 1. The summed E-state index contributed by atoms with van der Waals surface area (Å²) in [7, 11) is -3.64. The van der Waals surface area contributed by atoms with Crippen molar-refractivity contribution in [1.29, 1.82) is 0 Å². The third-order valence-electron chi connectivity index (χ3n) is 4.37. The first kappa shape index (κ1) is 18.6. The summed E-state index contributed by atoms with van der Waals surface area (Å²) in [5, 5.41) is 4.90. The number of nitrogens with zero attached hydrogens (tertiary/aromatic N) is 1. The van der Waals surface area contributed by atoms with E-state index in [1.807, 2.05) is 30.4 Å². The van der Waals surface area contributed by atoms with Crippen molar-refractivity contribution < 1.29 is 17.9 Å². The predicted octanol–water partition coefficient (Wildman–Crippen LogP) is 2.05. The van der Waals surface area contributed by atoms with Crippen LogP contribution in [0.5, 0.6) is 5.75 Å². The Labute approximate surface area is 153 Å². The van der Waals surface area contributed by atoms with Crippen molar-refractivity contribution in [2.24, 2.45) is 5.14 Å². The number of carbonyl (C=O) groups excluding carboxylic acids is 1. The molecule has 0 unspecified atom stereocenters. The number of hydrogen-bond acceptors (Lipinski definition) is 4. The zero-order chi connectivity index (χ0) is 18.6. The maximum absolute atomic E-state index is 13.0.